The molecule has 6 nitrogen and oxygen atoms in total. The maximum Gasteiger partial charge on any atom is 0.330 e. The Morgan fingerprint density at radius 2 is 2.00 bits per heavy atom. The van der Waals surface area contributed by atoms with Crippen LogP contribution in [-0.2, 0) is 19.1 Å². The Morgan fingerprint density at radius 1 is 1.33 bits per heavy atom. The molecule has 2 rings (SSSR count). The first-order valence-electron chi connectivity index (χ1n) is 8.21. The van der Waals surface area contributed by atoms with E-state index in [2.05, 4.69) is 5.32 Å². The molecule has 0 aliphatic carbocycles. The van der Waals surface area contributed by atoms with Gasteiger partial charge in [-0.2, -0.15) is 0 Å². The topological polar surface area (TPSA) is 84.9 Å². The maximum atomic E-state index is 12.3. The van der Waals surface area contributed by atoms with Crippen LogP contribution in [0.2, 0.25) is 0 Å². The summed E-state index contributed by atoms with van der Waals surface area (Å²) in [5, 5.41) is 12.0. The summed E-state index contributed by atoms with van der Waals surface area (Å²) in [4.78, 5) is 23.8. The number of nitrogens with one attached hydrogen (secondary N) is 1. The lowest BCUT2D eigenvalue weighted by molar-refractivity contribution is -0.145. The van der Waals surface area contributed by atoms with Crippen LogP contribution < -0.4 is 5.32 Å². The van der Waals surface area contributed by atoms with Crippen molar-refractivity contribution < 1.29 is 24.2 Å². The second-order valence-corrected chi connectivity index (χ2v) is 6.31. The number of aliphatic carboxylic acids is 1. The normalized spacial score (nSPS) is 19.7. The van der Waals surface area contributed by atoms with Gasteiger partial charge in [-0.3, -0.25) is 4.79 Å². The van der Waals surface area contributed by atoms with Gasteiger partial charge in [-0.1, -0.05) is 29.3 Å². The lowest BCUT2D eigenvalue weighted by Crippen LogP contribution is -2.41. The molecule has 2 N–H and O–H groups in total. The third-order valence-corrected chi connectivity index (χ3v) is 4.04. The number of hydrogen-bond donors (Lipinski definition) is 2. The summed E-state index contributed by atoms with van der Waals surface area (Å²) < 4.78 is 11.0. The van der Waals surface area contributed by atoms with E-state index in [1.54, 1.807) is 19.1 Å². The van der Waals surface area contributed by atoms with E-state index >= 15 is 0 Å². The summed E-state index contributed by atoms with van der Waals surface area (Å²) >= 11 is 0. The van der Waals surface area contributed by atoms with Gasteiger partial charge in [-0.05, 0) is 39.2 Å². The number of rotatable bonds is 7. The van der Waals surface area contributed by atoms with Crippen molar-refractivity contribution in [2.75, 3.05) is 13.2 Å². The Morgan fingerprint density at radius 3 is 2.54 bits per heavy atom. The summed E-state index contributed by atoms with van der Waals surface area (Å²) in [7, 11) is 0. The van der Waals surface area contributed by atoms with E-state index in [9.17, 15) is 14.7 Å². The minimum absolute atomic E-state index is 0.0231. The average molecular weight is 335 g/mol. The third-order valence-electron chi connectivity index (χ3n) is 4.04. The fourth-order valence-corrected chi connectivity index (χ4v) is 2.83. The molecule has 0 saturated carbocycles. The molecule has 1 aromatic carbocycles. The quantitative estimate of drug-likeness (QED) is 0.797. The first-order valence-corrected chi connectivity index (χ1v) is 8.21. The zero-order valence-electron chi connectivity index (χ0n) is 14.4. The van der Waals surface area contributed by atoms with Crippen molar-refractivity contribution in [1.82, 2.24) is 5.32 Å². The van der Waals surface area contributed by atoms with Crippen LogP contribution in [0.3, 0.4) is 0 Å². The molecule has 6 heteroatoms. The summed E-state index contributed by atoms with van der Waals surface area (Å²) in [5.74, 6) is -1.54. The van der Waals surface area contributed by atoms with Crippen molar-refractivity contribution >= 4 is 11.9 Å². The molecule has 1 aromatic rings. The summed E-state index contributed by atoms with van der Waals surface area (Å²) in [6.07, 6.45) is 1.22. The largest absolute Gasteiger partial charge is 0.479 e. The van der Waals surface area contributed by atoms with Crippen LogP contribution in [0, 0.1) is 13.8 Å². The highest BCUT2D eigenvalue weighted by atomic mass is 16.5. The molecule has 3 atom stereocenters. The SMILES string of the molecule is Cc1cc(C)cc(C(NC(=O)C(C)OCC2CCCO2)C(=O)O)c1. The number of ether oxygens (including phenoxy) is 2. The van der Waals surface area contributed by atoms with E-state index in [1.165, 1.54) is 0 Å². The number of carbonyl (C=O) groups is 2. The summed E-state index contributed by atoms with van der Waals surface area (Å²) in [6.45, 7) is 6.47. The zero-order chi connectivity index (χ0) is 17.7. The number of hydrogen-bond acceptors (Lipinski definition) is 4. The number of carbonyl (C=O) groups excluding carboxylic acids is 1. The predicted octanol–water partition coefficient (Wildman–Crippen LogP) is 2.13. The van der Waals surface area contributed by atoms with Crippen LogP contribution in [0.25, 0.3) is 0 Å². The lowest BCUT2D eigenvalue weighted by atomic mass is 10.0. The Labute approximate surface area is 142 Å². The second-order valence-electron chi connectivity index (χ2n) is 6.31. The predicted molar refractivity (Wildman–Crippen MR) is 88.8 cm³/mol. The fraction of sp³-hybridized carbons (Fsp3) is 0.556. The number of benzene rings is 1. The first kappa shape index (κ1) is 18.4. The van der Waals surface area contributed by atoms with Gasteiger partial charge in [0.05, 0.1) is 12.7 Å². The highest BCUT2D eigenvalue weighted by Gasteiger charge is 2.26. The molecule has 1 heterocycles. The number of aryl methyl sites for hydroxylation is 2. The Kier molecular flexibility index (Phi) is 6.34. The second kappa shape index (κ2) is 8.26. The van der Waals surface area contributed by atoms with Crippen LogP contribution >= 0.6 is 0 Å². The molecule has 1 aliphatic rings. The van der Waals surface area contributed by atoms with E-state index in [-0.39, 0.29) is 6.10 Å². The Bertz CT molecular complexity index is 575. The highest BCUT2D eigenvalue weighted by Crippen LogP contribution is 2.18. The van der Waals surface area contributed by atoms with Gasteiger partial charge in [-0.15, -0.1) is 0 Å². The lowest BCUT2D eigenvalue weighted by Gasteiger charge is -2.20. The van der Waals surface area contributed by atoms with Crippen LogP contribution in [0.5, 0.6) is 0 Å². The van der Waals surface area contributed by atoms with Crippen LogP contribution in [0.15, 0.2) is 18.2 Å². The molecule has 0 bridgehead atoms. The van der Waals surface area contributed by atoms with Crippen molar-refractivity contribution in [3.8, 4) is 0 Å². The first-order chi connectivity index (χ1) is 11.4. The molecular formula is C18H25NO5. The average Bonchev–Trinajstić information content (AvgIpc) is 3.01. The van der Waals surface area contributed by atoms with Crippen molar-refractivity contribution in [1.29, 1.82) is 0 Å². The van der Waals surface area contributed by atoms with Gasteiger partial charge >= 0.3 is 5.97 Å². The number of carboxylic acid groups (broad SMARTS) is 1. The summed E-state index contributed by atoms with van der Waals surface area (Å²) in [6, 6.07) is 4.40. The molecular weight excluding hydrogens is 310 g/mol. The molecule has 0 spiro atoms. The van der Waals surface area contributed by atoms with Crippen molar-refractivity contribution in [2.45, 2.75) is 51.9 Å². The Balaban J connectivity index is 1.98. The standard InChI is InChI=1S/C18H25NO5/c1-11-7-12(2)9-14(8-11)16(18(21)22)19-17(20)13(3)24-10-15-5-4-6-23-15/h7-9,13,15-16H,4-6,10H2,1-3H3,(H,19,20)(H,21,22). The molecule has 1 amide bonds. The zero-order valence-corrected chi connectivity index (χ0v) is 14.4. The van der Waals surface area contributed by atoms with Crippen molar-refractivity contribution in [2.24, 2.45) is 0 Å². The van der Waals surface area contributed by atoms with E-state index in [0.717, 1.165) is 30.6 Å². The van der Waals surface area contributed by atoms with Gasteiger partial charge in [0.15, 0.2) is 6.04 Å². The monoisotopic (exact) mass is 335 g/mol. The number of amides is 1. The van der Waals surface area contributed by atoms with Gasteiger partial charge in [0.2, 0.25) is 5.91 Å². The molecule has 0 radical (unpaired) electrons. The minimum atomic E-state index is -1.10. The molecule has 1 fully saturated rings. The molecule has 0 aromatic heterocycles. The van der Waals surface area contributed by atoms with E-state index in [0.29, 0.717) is 12.2 Å². The molecule has 3 unspecified atom stereocenters. The van der Waals surface area contributed by atoms with Crippen LogP contribution in [0.4, 0.5) is 0 Å². The van der Waals surface area contributed by atoms with Gasteiger partial charge in [0.25, 0.3) is 0 Å². The minimum Gasteiger partial charge on any atom is -0.479 e. The highest BCUT2D eigenvalue weighted by molar-refractivity contribution is 5.86. The van der Waals surface area contributed by atoms with Gasteiger partial charge < -0.3 is 19.9 Å². The molecule has 24 heavy (non-hydrogen) atoms. The molecule has 1 saturated heterocycles. The third kappa shape index (κ3) is 5.04. The van der Waals surface area contributed by atoms with Crippen molar-refractivity contribution in [3.63, 3.8) is 0 Å². The smallest absolute Gasteiger partial charge is 0.330 e. The summed E-state index contributed by atoms with van der Waals surface area (Å²) in [5.41, 5.74) is 2.46. The molecule has 1 aliphatic heterocycles. The number of carboxylic acids is 1. The van der Waals surface area contributed by atoms with E-state index in [4.69, 9.17) is 9.47 Å². The fourth-order valence-electron chi connectivity index (χ4n) is 2.83. The van der Waals surface area contributed by atoms with Crippen molar-refractivity contribution in [3.05, 3.63) is 34.9 Å². The van der Waals surface area contributed by atoms with E-state index < -0.39 is 24.0 Å². The molecule has 132 valence electrons. The van der Waals surface area contributed by atoms with Crippen LogP contribution in [-0.4, -0.2) is 42.4 Å². The van der Waals surface area contributed by atoms with Crippen LogP contribution in [0.1, 0.15) is 42.5 Å². The Hall–Kier alpha value is -1.92. The maximum absolute atomic E-state index is 12.3. The van der Waals surface area contributed by atoms with Gasteiger partial charge in [-0.25, -0.2) is 4.79 Å². The van der Waals surface area contributed by atoms with Gasteiger partial charge in [0.1, 0.15) is 6.10 Å². The van der Waals surface area contributed by atoms with Gasteiger partial charge in [0, 0.05) is 6.61 Å². The van der Waals surface area contributed by atoms with E-state index in [1.807, 2.05) is 19.9 Å².